The van der Waals surface area contributed by atoms with Crippen molar-refractivity contribution in [2.75, 3.05) is 13.7 Å². The van der Waals surface area contributed by atoms with Gasteiger partial charge in [0.05, 0.1) is 25.4 Å². The van der Waals surface area contributed by atoms with Crippen molar-refractivity contribution in [2.45, 2.75) is 100 Å². The number of oxazole rings is 1. The van der Waals surface area contributed by atoms with E-state index in [4.69, 9.17) is 18.6 Å². The Morgan fingerprint density at radius 2 is 1.94 bits per heavy atom. The summed E-state index contributed by atoms with van der Waals surface area (Å²) < 4.78 is 23.4. The summed E-state index contributed by atoms with van der Waals surface area (Å²) in [4.78, 5) is 69.3. The number of thiophene rings is 1. The number of esters is 1. The van der Waals surface area contributed by atoms with E-state index in [1.807, 2.05) is 23.6 Å². The molecule has 260 valence electrons. The number of allylic oxidation sites excluding steroid dienone is 1. The summed E-state index contributed by atoms with van der Waals surface area (Å²) in [6.45, 7) is 0.0481. The number of carbonyl (C=O) groups excluding carboxylic acids is 4. The molecule has 14 nitrogen and oxygen atoms in total. The highest BCUT2D eigenvalue weighted by atomic mass is 32.1. The Morgan fingerprint density at radius 3 is 2.73 bits per heavy atom. The maximum absolute atomic E-state index is 14.4. The summed E-state index contributed by atoms with van der Waals surface area (Å²) in [5.41, 5.74) is -0.567. The molecule has 5 atom stereocenters. The molecule has 15 heteroatoms. The van der Waals surface area contributed by atoms with Gasteiger partial charge in [-0.3, -0.25) is 9.59 Å². The summed E-state index contributed by atoms with van der Waals surface area (Å²) in [5, 5.41) is 7.65. The third-order valence-corrected chi connectivity index (χ3v) is 10.7. The van der Waals surface area contributed by atoms with Gasteiger partial charge in [0.2, 0.25) is 23.5 Å². The van der Waals surface area contributed by atoms with Gasteiger partial charge in [-0.25, -0.2) is 19.6 Å². The fourth-order valence-electron chi connectivity index (χ4n) is 7.15. The minimum absolute atomic E-state index is 0.0481. The van der Waals surface area contributed by atoms with Crippen LogP contribution in [0.25, 0.3) is 21.9 Å². The molecule has 4 aliphatic rings. The SMILES string of the molecule is COC(=O)[C@@]12C[C@H]1/C=C\CCCCC[C@H](NC(=O)OC1CCCC1)C(=O)N1C[C@H](Oc3nc(-c4ncco4)nc4ccsc34)C[C@H]1C(=O)N2. The van der Waals surface area contributed by atoms with Gasteiger partial charge in [0, 0.05) is 12.3 Å². The predicted octanol–water partition coefficient (Wildman–Crippen LogP) is 4.30. The zero-order valence-corrected chi connectivity index (χ0v) is 28.1. The van der Waals surface area contributed by atoms with Crippen LogP contribution in [0.15, 0.2) is 40.5 Å². The van der Waals surface area contributed by atoms with Crippen LogP contribution in [-0.4, -0.2) is 87.2 Å². The highest BCUT2D eigenvalue weighted by Crippen LogP contribution is 2.46. The number of amides is 3. The minimum Gasteiger partial charge on any atom is -0.471 e. The van der Waals surface area contributed by atoms with E-state index in [9.17, 15) is 19.2 Å². The van der Waals surface area contributed by atoms with Gasteiger partial charge in [-0.05, 0) is 62.8 Å². The molecule has 3 amide bonds. The fourth-order valence-corrected chi connectivity index (χ4v) is 7.92. The zero-order chi connectivity index (χ0) is 34.0. The number of hydrogen-bond donors (Lipinski definition) is 2. The van der Waals surface area contributed by atoms with Crippen molar-refractivity contribution in [1.29, 1.82) is 0 Å². The van der Waals surface area contributed by atoms with Crippen molar-refractivity contribution < 1.29 is 37.8 Å². The number of rotatable bonds is 6. The van der Waals surface area contributed by atoms with Crippen LogP contribution in [-0.2, 0) is 23.9 Å². The molecule has 3 aromatic rings. The first-order valence-electron chi connectivity index (χ1n) is 17.0. The molecule has 5 heterocycles. The molecule has 0 spiro atoms. The quantitative estimate of drug-likeness (QED) is 0.278. The van der Waals surface area contributed by atoms with Gasteiger partial charge >= 0.3 is 12.1 Å². The number of fused-ring (bicyclic) bond motifs is 3. The maximum Gasteiger partial charge on any atom is 0.408 e. The predicted molar refractivity (Wildman–Crippen MR) is 176 cm³/mol. The van der Waals surface area contributed by atoms with Gasteiger partial charge in [-0.15, -0.1) is 11.3 Å². The van der Waals surface area contributed by atoms with E-state index in [0.29, 0.717) is 29.5 Å². The number of hydrogen-bond acceptors (Lipinski definition) is 12. The Hall–Kier alpha value is -4.53. The number of alkyl carbamates (subject to hydrolysis) is 1. The average molecular weight is 693 g/mol. The van der Waals surface area contributed by atoms with E-state index >= 15 is 0 Å². The van der Waals surface area contributed by atoms with Gasteiger partial charge in [0.1, 0.15) is 40.8 Å². The van der Waals surface area contributed by atoms with Crippen LogP contribution < -0.4 is 15.4 Å². The first-order valence-corrected chi connectivity index (χ1v) is 17.9. The molecule has 0 bridgehead atoms. The number of nitrogens with zero attached hydrogens (tertiary/aromatic N) is 4. The molecule has 49 heavy (non-hydrogen) atoms. The normalized spacial score (nSPS) is 28.5. The minimum atomic E-state index is -1.21. The van der Waals surface area contributed by atoms with Crippen LogP contribution in [0, 0.1) is 5.92 Å². The van der Waals surface area contributed by atoms with Crippen molar-refractivity contribution in [3.8, 4) is 17.6 Å². The average Bonchev–Trinajstić information content (AvgIpc) is 3.75. The summed E-state index contributed by atoms with van der Waals surface area (Å²) in [5.74, 6) is -0.900. The molecule has 0 unspecified atom stereocenters. The maximum atomic E-state index is 14.4. The first kappa shape index (κ1) is 33.0. The summed E-state index contributed by atoms with van der Waals surface area (Å²) >= 11 is 1.40. The Bertz CT molecular complexity index is 1720. The topological polar surface area (TPSA) is 175 Å². The zero-order valence-electron chi connectivity index (χ0n) is 27.3. The second kappa shape index (κ2) is 14.1. The molecule has 7 rings (SSSR count). The van der Waals surface area contributed by atoms with E-state index in [-0.39, 0.29) is 42.6 Å². The standard InChI is InChI=1S/C34H40N6O8S/c1-45-32(43)34-18-20(34)9-5-3-2-4-6-12-24(37-33(44)48-21-10-7-8-11-21)31(42)40-19-22(17-25(40)28(41)39-34)47-29-26-23(13-16-49-26)36-27(38-29)30-35-14-15-46-30/h5,9,13-16,20-22,24-25H,2-4,6-8,10-12,17-19H2,1H3,(H,37,44)(H,39,41)/b9-5-/t20-,22-,24+,25+,34-/m1/s1. The van der Waals surface area contributed by atoms with Gasteiger partial charge < -0.3 is 34.2 Å². The molecule has 1 saturated heterocycles. The van der Waals surface area contributed by atoms with E-state index in [1.54, 1.807) is 0 Å². The van der Waals surface area contributed by atoms with Crippen LogP contribution in [0.2, 0.25) is 0 Å². The monoisotopic (exact) mass is 692 g/mol. The number of ether oxygens (including phenoxy) is 3. The third-order valence-electron chi connectivity index (χ3n) is 9.83. The van der Waals surface area contributed by atoms with Crippen LogP contribution in [0.5, 0.6) is 5.88 Å². The van der Waals surface area contributed by atoms with Gasteiger partial charge in [0.25, 0.3) is 5.89 Å². The highest BCUT2D eigenvalue weighted by Gasteiger charge is 2.62. The summed E-state index contributed by atoms with van der Waals surface area (Å²) in [7, 11) is 1.30. The van der Waals surface area contributed by atoms with E-state index in [1.165, 1.54) is 35.8 Å². The summed E-state index contributed by atoms with van der Waals surface area (Å²) in [6, 6.07) is -0.0625. The largest absolute Gasteiger partial charge is 0.471 e. The van der Waals surface area contributed by atoms with Gasteiger partial charge in [-0.2, -0.15) is 4.98 Å². The van der Waals surface area contributed by atoms with E-state index in [2.05, 4.69) is 25.6 Å². The molecule has 2 aliphatic carbocycles. The van der Waals surface area contributed by atoms with Gasteiger partial charge in [0.15, 0.2) is 0 Å². The van der Waals surface area contributed by atoms with Crippen LogP contribution in [0.4, 0.5) is 4.79 Å². The Morgan fingerprint density at radius 1 is 1.10 bits per heavy atom. The Balaban J connectivity index is 1.18. The number of aromatic nitrogens is 3. The molecule has 0 radical (unpaired) electrons. The number of methoxy groups -OCH3 is 1. The summed E-state index contributed by atoms with van der Waals surface area (Å²) in [6.07, 6.45) is 13.2. The molecular formula is C34H40N6O8S. The molecule has 3 fully saturated rings. The second-order valence-corrected chi connectivity index (χ2v) is 14.1. The van der Waals surface area contributed by atoms with Crippen molar-refractivity contribution in [3.63, 3.8) is 0 Å². The van der Waals surface area contributed by atoms with Crippen molar-refractivity contribution in [1.82, 2.24) is 30.5 Å². The van der Waals surface area contributed by atoms with Crippen LogP contribution in [0.1, 0.15) is 70.6 Å². The smallest absolute Gasteiger partial charge is 0.408 e. The molecule has 2 N–H and O–H groups in total. The molecule has 2 saturated carbocycles. The fraction of sp³-hybridized carbons (Fsp3) is 0.559. The van der Waals surface area contributed by atoms with Crippen LogP contribution >= 0.6 is 11.3 Å². The lowest BCUT2D eigenvalue weighted by Crippen LogP contribution is -2.56. The van der Waals surface area contributed by atoms with E-state index < -0.39 is 47.6 Å². The van der Waals surface area contributed by atoms with Crippen LogP contribution in [0.3, 0.4) is 0 Å². The second-order valence-electron chi connectivity index (χ2n) is 13.1. The number of carbonyl (C=O) groups is 4. The molecule has 3 aromatic heterocycles. The highest BCUT2D eigenvalue weighted by molar-refractivity contribution is 7.17. The Labute approximate surface area is 287 Å². The number of nitrogens with one attached hydrogen (secondary N) is 2. The Kier molecular flexibility index (Phi) is 9.52. The lowest BCUT2D eigenvalue weighted by molar-refractivity contribution is -0.148. The third kappa shape index (κ3) is 6.98. The lowest BCUT2D eigenvalue weighted by atomic mass is 10.0. The molecule has 0 aromatic carbocycles. The van der Waals surface area contributed by atoms with Crippen molar-refractivity contribution in [3.05, 3.63) is 36.1 Å². The first-order chi connectivity index (χ1) is 23.8. The molecule has 2 aliphatic heterocycles. The lowest BCUT2D eigenvalue weighted by Gasteiger charge is -2.29. The van der Waals surface area contributed by atoms with Crippen molar-refractivity contribution in [2.24, 2.45) is 5.92 Å². The van der Waals surface area contributed by atoms with E-state index in [0.717, 1.165) is 44.9 Å². The molecular weight excluding hydrogens is 652 g/mol. The van der Waals surface area contributed by atoms with Crippen molar-refractivity contribution >= 4 is 45.4 Å². The van der Waals surface area contributed by atoms with Gasteiger partial charge in [-0.1, -0.05) is 25.0 Å².